The van der Waals surface area contributed by atoms with Crippen LogP contribution in [0.25, 0.3) is 0 Å². The van der Waals surface area contributed by atoms with Crippen LogP contribution in [-0.4, -0.2) is 6.04 Å². The van der Waals surface area contributed by atoms with Gasteiger partial charge in [0.25, 0.3) is 0 Å². The summed E-state index contributed by atoms with van der Waals surface area (Å²) in [6, 6.07) is 18.7. The molecule has 1 saturated carbocycles. The predicted octanol–water partition coefficient (Wildman–Crippen LogP) is 4.58. The van der Waals surface area contributed by atoms with Crippen molar-refractivity contribution in [2.75, 3.05) is 0 Å². The van der Waals surface area contributed by atoms with Crippen LogP contribution in [-0.2, 0) is 6.42 Å². The molecule has 2 aliphatic rings. The van der Waals surface area contributed by atoms with Crippen LogP contribution >= 0.6 is 15.9 Å². The minimum absolute atomic E-state index is 0.543. The van der Waals surface area contributed by atoms with E-state index in [9.17, 15) is 0 Å². The van der Waals surface area contributed by atoms with Crippen LogP contribution in [0.15, 0.2) is 53.0 Å². The maximum atomic E-state index is 3.86. The van der Waals surface area contributed by atoms with Crippen molar-refractivity contribution in [1.29, 1.82) is 0 Å². The quantitative estimate of drug-likeness (QED) is 0.869. The van der Waals surface area contributed by atoms with Crippen molar-refractivity contribution in [1.82, 2.24) is 5.32 Å². The fourth-order valence-corrected chi connectivity index (χ4v) is 4.07. The van der Waals surface area contributed by atoms with Gasteiger partial charge in [-0.05, 0) is 42.0 Å². The summed E-state index contributed by atoms with van der Waals surface area (Å²) in [6.07, 6.45) is 3.71. The molecule has 4 rings (SSSR count). The second-order valence-corrected chi connectivity index (χ2v) is 6.78. The molecule has 0 heterocycles. The highest BCUT2D eigenvalue weighted by atomic mass is 79.9. The van der Waals surface area contributed by atoms with Gasteiger partial charge in [0, 0.05) is 22.5 Å². The third-order valence-electron chi connectivity index (χ3n) is 4.65. The number of benzene rings is 2. The summed E-state index contributed by atoms with van der Waals surface area (Å²) in [4.78, 5) is 0. The number of halogens is 1. The van der Waals surface area contributed by atoms with E-state index < -0.39 is 0 Å². The lowest BCUT2D eigenvalue weighted by Gasteiger charge is -2.14. The molecule has 0 saturated heterocycles. The number of hydrogen-bond donors (Lipinski definition) is 1. The highest BCUT2D eigenvalue weighted by Gasteiger charge is 2.40. The Morgan fingerprint density at radius 3 is 2.70 bits per heavy atom. The molecule has 2 aromatic rings. The van der Waals surface area contributed by atoms with Gasteiger partial charge in [0.05, 0.1) is 0 Å². The lowest BCUT2D eigenvalue weighted by molar-refractivity contribution is 0.521. The summed E-state index contributed by atoms with van der Waals surface area (Å²) in [6.45, 7) is 0. The van der Waals surface area contributed by atoms with Crippen molar-refractivity contribution in [2.24, 2.45) is 0 Å². The Morgan fingerprint density at radius 2 is 1.85 bits per heavy atom. The molecule has 2 heteroatoms. The van der Waals surface area contributed by atoms with E-state index in [1.54, 1.807) is 0 Å². The molecule has 20 heavy (non-hydrogen) atoms. The largest absolute Gasteiger partial charge is 0.307 e. The van der Waals surface area contributed by atoms with E-state index in [1.165, 1.54) is 40.4 Å². The standard InChI is InChI=1S/C18H18BrN/c19-16-8-4-7-14-13(16)9-10-17(14)20-18-11-15(18)12-5-2-1-3-6-12/h1-8,15,17-18,20H,9-11H2. The zero-order valence-electron chi connectivity index (χ0n) is 11.4. The van der Waals surface area contributed by atoms with Crippen molar-refractivity contribution < 1.29 is 0 Å². The third-order valence-corrected chi connectivity index (χ3v) is 5.39. The average molecular weight is 328 g/mol. The first-order chi connectivity index (χ1) is 9.83. The van der Waals surface area contributed by atoms with Crippen LogP contribution in [0.5, 0.6) is 0 Å². The van der Waals surface area contributed by atoms with E-state index in [-0.39, 0.29) is 0 Å². The maximum Gasteiger partial charge on any atom is 0.0329 e. The molecule has 0 aromatic heterocycles. The fraction of sp³-hybridized carbons (Fsp3) is 0.333. The van der Waals surface area contributed by atoms with Crippen molar-refractivity contribution in [3.05, 3.63) is 69.7 Å². The lowest BCUT2D eigenvalue weighted by Crippen LogP contribution is -2.22. The highest BCUT2D eigenvalue weighted by Crippen LogP contribution is 2.44. The molecular formula is C18H18BrN. The Bertz CT molecular complexity index is 623. The van der Waals surface area contributed by atoms with Gasteiger partial charge in [-0.15, -0.1) is 0 Å². The molecule has 0 amide bonds. The van der Waals surface area contributed by atoms with Crippen LogP contribution < -0.4 is 5.32 Å². The van der Waals surface area contributed by atoms with Gasteiger partial charge in [-0.2, -0.15) is 0 Å². The van der Waals surface area contributed by atoms with E-state index in [4.69, 9.17) is 0 Å². The molecule has 3 atom stereocenters. The molecular weight excluding hydrogens is 310 g/mol. The zero-order valence-corrected chi connectivity index (χ0v) is 12.9. The Hall–Kier alpha value is -1.12. The summed E-state index contributed by atoms with van der Waals surface area (Å²) in [5.41, 5.74) is 4.48. The molecule has 1 fully saturated rings. The smallest absolute Gasteiger partial charge is 0.0329 e. The minimum atomic E-state index is 0.543. The molecule has 3 unspecified atom stereocenters. The van der Waals surface area contributed by atoms with Gasteiger partial charge < -0.3 is 5.32 Å². The third kappa shape index (κ3) is 2.21. The van der Waals surface area contributed by atoms with Gasteiger partial charge in [0.1, 0.15) is 0 Å². The summed E-state index contributed by atoms with van der Waals surface area (Å²) >= 11 is 3.68. The van der Waals surface area contributed by atoms with E-state index in [2.05, 4.69) is 69.8 Å². The number of fused-ring (bicyclic) bond motifs is 1. The van der Waals surface area contributed by atoms with Crippen LogP contribution in [0.1, 0.15) is 41.5 Å². The van der Waals surface area contributed by atoms with Gasteiger partial charge >= 0.3 is 0 Å². The van der Waals surface area contributed by atoms with Gasteiger partial charge in [0.2, 0.25) is 0 Å². The zero-order chi connectivity index (χ0) is 13.5. The molecule has 2 aromatic carbocycles. The van der Waals surface area contributed by atoms with Crippen LogP contribution in [0.3, 0.4) is 0 Å². The second kappa shape index (κ2) is 5.01. The van der Waals surface area contributed by atoms with Crippen molar-refractivity contribution in [3.63, 3.8) is 0 Å². The first-order valence-corrected chi connectivity index (χ1v) is 8.20. The molecule has 0 bridgehead atoms. The van der Waals surface area contributed by atoms with E-state index in [0.717, 1.165) is 0 Å². The molecule has 102 valence electrons. The number of rotatable bonds is 3. The van der Waals surface area contributed by atoms with Gasteiger partial charge in [0.15, 0.2) is 0 Å². The first-order valence-electron chi connectivity index (χ1n) is 7.41. The van der Waals surface area contributed by atoms with E-state index >= 15 is 0 Å². The molecule has 2 aliphatic carbocycles. The Labute approximate surface area is 128 Å². The topological polar surface area (TPSA) is 12.0 Å². The summed E-state index contributed by atoms with van der Waals surface area (Å²) in [7, 11) is 0. The molecule has 0 radical (unpaired) electrons. The van der Waals surface area contributed by atoms with E-state index in [1.807, 2.05) is 0 Å². The second-order valence-electron chi connectivity index (χ2n) is 5.92. The first kappa shape index (κ1) is 12.6. The predicted molar refractivity (Wildman–Crippen MR) is 85.9 cm³/mol. The summed E-state index contributed by atoms with van der Waals surface area (Å²) < 4.78 is 1.27. The average Bonchev–Trinajstić information content (AvgIpc) is 3.13. The SMILES string of the molecule is Brc1cccc2c1CCC2NC1CC1c1ccccc1. The van der Waals surface area contributed by atoms with E-state index in [0.29, 0.717) is 18.0 Å². The highest BCUT2D eigenvalue weighted by molar-refractivity contribution is 9.10. The van der Waals surface area contributed by atoms with Crippen molar-refractivity contribution in [2.45, 2.75) is 37.3 Å². The number of nitrogens with one attached hydrogen (secondary N) is 1. The minimum Gasteiger partial charge on any atom is -0.307 e. The van der Waals surface area contributed by atoms with Gasteiger partial charge in [-0.3, -0.25) is 0 Å². The van der Waals surface area contributed by atoms with Crippen molar-refractivity contribution >= 4 is 15.9 Å². The molecule has 1 nitrogen and oxygen atoms in total. The lowest BCUT2D eigenvalue weighted by atomic mass is 10.1. The van der Waals surface area contributed by atoms with Crippen molar-refractivity contribution in [3.8, 4) is 0 Å². The monoisotopic (exact) mass is 327 g/mol. The Kier molecular flexibility index (Phi) is 3.16. The molecule has 0 aliphatic heterocycles. The van der Waals surface area contributed by atoms with Crippen LogP contribution in [0, 0.1) is 0 Å². The van der Waals surface area contributed by atoms with Crippen LogP contribution in [0.2, 0.25) is 0 Å². The van der Waals surface area contributed by atoms with Gasteiger partial charge in [-0.25, -0.2) is 0 Å². The molecule has 0 spiro atoms. The normalized spacial score (nSPS) is 27.4. The maximum absolute atomic E-state index is 3.86. The Morgan fingerprint density at radius 1 is 1.00 bits per heavy atom. The summed E-state index contributed by atoms with van der Waals surface area (Å²) in [5.74, 6) is 0.715. The van der Waals surface area contributed by atoms with Crippen LogP contribution in [0.4, 0.5) is 0 Å². The fourth-order valence-electron chi connectivity index (χ4n) is 3.49. The molecule has 1 N–H and O–H groups in total. The number of hydrogen-bond acceptors (Lipinski definition) is 1. The summed E-state index contributed by atoms with van der Waals surface area (Å²) in [5, 5.41) is 3.86. The Balaban J connectivity index is 1.47. The van der Waals surface area contributed by atoms with Gasteiger partial charge in [-0.1, -0.05) is 58.4 Å².